The summed E-state index contributed by atoms with van der Waals surface area (Å²) in [6.07, 6.45) is 0.839. The monoisotopic (exact) mass is 427 g/mol. The molecular weight excluding hydrogens is 411 g/mol. The number of nitrogens with one attached hydrogen (secondary N) is 3. The van der Waals surface area contributed by atoms with Crippen molar-refractivity contribution in [1.29, 1.82) is 0 Å². The van der Waals surface area contributed by atoms with Crippen LogP contribution in [0.2, 0.25) is 10.0 Å². The van der Waals surface area contributed by atoms with Gasteiger partial charge in [-0.1, -0.05) is 41.4 Å². The van der Waals surface area contributed by atoms with E-state index in [0.29, 0.717) is 17.9 Å². The highest BCUT2D eigenvalue weighted by Gasteiger charge is 2.29. The van der Waals surface area contributed by atoms with Crippen LogP contribution in [0.3, 0.4) is 0 Å². The second-order valence-corrected chi connectivity index (χ2v) is 7.21. The maximum Gasteiger partial charge on any atom is 0.315 e. The van der Waals surface area contributed by atoms with Gasteiger partial charge in [-0.05, 0) is 36.6 Å². The smallest absolute Gasteiger partial charge is 0.315 e. The van der Waals surface area contributed by atoms with Gasteiger partial charge in [0.1, 0.15) is 22.7 Å². The molecule has 1 heterocycles. The first-order valence-corrected chi connectivity index (χ1v) is 9.33. The van der Waals surface area contributed by atoms with Gasteiger partial charge in [-0.15, -0.1) is 0 Å². The SMILES string of the molecule is O=C1NCC(C(=O)N[C@@H](CCc2ccc(Cl)cc2)c2ccc(F)c(Cl)c2F)N1. The minimum atomic E-state index is -0.920. The molecule has 3 amide bonds. The largest absolute Gasteiger partial charge is 0.347 e. The van der Waals surface area contributed by atoms with Crippen LogP contribution in [0.1, 0.15) is 23.6 Å². The van der Waals surface area contributed by atoms with Gasteiger partial charge in [0.05, 0.1) is 6.04 Å². The molecule has 1 unspecified atom stereocenters. The van der Waals surface area contributed by atoms with E-state index in [9.17, 15) is 18.4 Å². The zero-order valence-corrected chi connectivity index (χ0v) is 16.1. The fraction of sp³-hybridized carbons (Fsp3) is 0.263. The first kappa shape index (κ1) is 20.4. The van der Waals surface area contributed by atoms with Crippen molar-refractivity contribution in [3.8, 4) is 0 Å². The Morgan fingerprint density at radius 2 is 1.89 bits per heavy atom. The molecular formula is C19H17Cl2F2N3O2. The van der Waals surface area contributed by atoms with Gasteiger partial charge in [0.25, 0.3) is 0 Å². The second-order valence-electron chi connectivity index (χ2n) is 6.40. The van der Waals surface area contributed by atoms with Gasteiger partial charge in [0, 0.05) is 17.1 Å². The van der Waals surface area contributed by atoms with E-state index in [-0.39, 0.29) is 12.1 Å². The summed E-state index contributed by atoms with van der Waals surface area (Å²) in [5, 5.41) is 7.65. The lowest BCUT2D eigenvalue weighted by Crippen LogP contribution is -2.44. The van der Waals surface area contributed by atoms with E-state index in [1.54, 1.807) is 12.1 Å². The number of carbonyl (C=O) groups is 2. The molecule has 0 radical (unpaired) electrons. The van der Waals surface area contributed by atoms with E-state index in [1.165, 1.54) is 6.07 Å². The minimum Gasteiger partial charge on any atom is -0.347 e. The summed E-state index contributed by atoms with van der Waals surface area (Å²) in [6.45, 7) is 0.126. The lowest BCUT2D eigenvalue weighted by atomic mass is 9.98. The molecule has 1 fully saturated rings. The summed E-state index contributed by atoms with van der Waals surface area (Å²) < 4.78 is 28.1. The van der Waals surface area contributed by atoms with Crippen molar-refractivity contribution in [1.82, 2.24) is 16.0 Å². The van der Waals surface area contributed by atoms with Crippen LogP contribution >= 0.6 is 23.2 Å². The Morgan fingerprint density at radius 3 is 2.54 bits per heavy atom. The zero-order chi connectivity index (χ0) is 20.3. The number of aryl methyl sites for hydroxylation is 1. The predicted octanol–water partition coefficient (Wildman–Crippen LogP) is 3.74. The topological polar surface area (TPSA) is 70.2 Å². The van der Waals surface area contributed by atoms with Crippen LogP contribution in [0, 0.1) is 11.6 Å². The van der Waals surface area contributed by atoms with Gasteiger partial charge in [-0.2, -0.15) is 0 Å². The molecule has 0 spiro atoms. The third-order valence-electron chi connectivity index (χ3n) is 4.48. The van der Waals surface area contributed by atoms with Crippen LogP contribution in [0.25, 0.3) is 0 Å². The quantitative estimate of drug-likeness (QED) is 0.614. The molecule has 1 saturated heterocycles. The number of hydrogen-bond acceptors (Lipinski definition) is 2. The summed E-state index contributed by atoms with van der Waals surface area (Å²) in [6, 6.07) is 7.46. The van der Waals surface area contributed by atoms with Gasteiger partial charge in [0.15, 0.2) is 0 Å². The van der Waals surface area contributed by atoms with Crippen LogP contribution in [0.4, 0.5) is 13.6 Å². The van der Waals surface area contributed by atoms with Crippen LogP contribution < -0.4 is 16.0 Å². The van der Waals surface area contributed by atoms with E-state index < -0.39 is 40.7 Å². The van der Waals surface area contributed by atoms with Crippen molar-refractivity contribution < 1.29 is 18.4 Å². The zero-order valence-electron chi connectivity index (χ0n) is 14.6. The molecule has 1 aliphatic rings. The number of hydrogen-bond donors (Lipinski definition) is 3. The van der Waals surface area contributed by atoms with Gasteiger partial charge in [0.2, 0.25) is 5.91 Å². The van der Waals surface area contributed by atoms with Gasteiger partial charge in [-0.25, -0.2) is 13.6 Å². The van der Waals surface area contributed by atoms with E-state index in [1.807, 2.05) is 12.1 Å². The molecule has 1 aliphatic heterocycles. The third-order valence-corrected chi connectivity index (χ3v) is 5.08. The summed E-state index contributed by atoms with van der Waals surface area (Å²) in [5.74, 6) is -2.27. The molecule has 148 valence electrons. The van der Waals surface area contributed by atoms with E-state index in [4.69, 9.17) is 23.2 Å². The number of benzene rings is 2. The highest BCUT2D eigenvalue weighted by Crippen LogP contribution is 2.29. The lowest BCUT2D eigenvalue weighted by molar-refractivity contribution is -0.123. The van der Waals surface area contributed by atoms with Crippen LogP contribution in [-0.2, 0) is 11.2 Å². The average Bonchev–Trinajstić information content (AvgIpc) is 3.11. The minimum absolute atomic E-state index is 0.0750. The fourth-order valence-electron chi connectivity index (χ4n) is 2.96. The Morgan fingerprint density at radius 1 is 1.18 bits per heavy atom. The maximum atomic E-state index is 14.6. The summed E-state index contributed by atoms with van der Waals surface area (Å²) in [4.78, 5) is 23.7. The van der Waals surface area contributed by atoms with E-state index >= 15 is 0 Å². The second kappa shape index (κ2) is 8.75. The predicted molar refractivity (Wildman–Crippen MR) is 102 cm³/mol. The van der Waals surface area contributed by atoms with Crippen molar-refractivity contribution in [3.63, 3.8) is 0 Å². The standard InChI is InChI=1S/C19H17Cl2F2N3O2/c20-11-4-1-10(2-5-11)3-8-14(12-6-7-13(22)16(21)17(12)23)25-18(27)15-9-24-19(28)26-15/h1-2,4-7,14-15H,3,8-9H2,(H,25,27)(H2,24,26,28)/t14-,15?/m0/s1. The number of carbonyl (C=O) groups excluding carboxylic acids is 2. The Balaban J connectivity index is 1.80. The molecule has 0 aliphatic carbocycles. The Kier molecular flexibility index (Phi) is 6.36. The first-order valence-electron chi connectivity index (χ1n) is 8.57. The summed E-state index contributed by atoms with van der Waals surface area (Å²) in [5.41, 5.74) is 1.01. The highest BCUT2D eigenvalue weighted by molar-refractivity contribution is 6.31. The molecule has 2 aromatic carbocycles. The van der Waals surface area contributed by atoms with Crippen LogP contribution in [0.15, 0.2) is 36.4 Å². The molecule has 2 aromatic rings. The number of rotatable bonds is 6. The highest BCUT2D eigenvalue weighted by atomic mass is 35.5. The molecule has 3 rings (SSSR count). The Hall–Kier alpha value is -2.38. The summed E-state index contributed by atoms with van der Waals surface area (Å²) >= 11 is 11.6. The molecule has 2 atom stereocenters. The van der Waals surface area contributed by atoms with Crippen LogP contribution in [0.5, 0.6) is 0 Å². The van der Waals surface area contributed by atoms with Crippen molar-refractivity contribution >= 4 is 35.1 Å². The average molecular weight is 428 g/mol. The molecule has 28 heavy (non-hydrogen) atoms. The van der Waals surface area contributed by atoms with E-state index in [0.717, 1.165) is 11.6 Å². The van der Waals surface area contributed by atoms with Gasteiger partial charge < -0.3 is 16.0 Å². The number of halogens is 4. The molecule has 9 heteroatoms. The molecule has 0 aromatic heterocycles. The molecule has 0 saturated carbocycles. The van der Waals surface area contributed by atoms with Crippen molar-refractivity contribution in [2.75, 3.05) is 6.54 Å². The number of urea groups is 1. The van der Waals surface area contributed by atoms with Gasteiger partial charge in [-0.3, -0.25) is 4.79 Å². The van der Waals surface area contributed by atoms with Crippen molar-refractivity contribution in [2.24, 2.45) is 0 Å². The molecule has 0 bridgehead atoms. The maximum absolute atomic E-state index is 14.6. The summed E-state index contributed by atoms with van der Waals surface area (Å²) in [7, 11) is 0. The van der Waals surface area contributed by atoms with E-state index in [2.05, 4.69) is 16.0 Å². The lowest BCUT2D eigenvalue weighted by Gasteiger charge is -2.22. The Labute approximate surface area is 170 Å². The molecule has 3 N–H and O–H groups in total. The first-order chi connectivity index (χ1) is 13.3. The van der Waals surface area contributed by atoms with Crippen molar-refractivity contribution in [3.05, 3.63) is 69.2 Å². The third kappa shape index (κ3) is 4.72. The fourth-order valence-corrected chi connectivity index (χ4v) is 3.26. The Bertz CT molecular complexity index is 893. The normalized spacial score (nSPS) is 17.0. The van der Waals surface area contributed by atoms with Crippen LogP contribution in [-0.4, -0.2) is 24.5 Å². The van der Waals surface area contributed by atoms with Crippen molar-refractivity contribution in [2.45, 2.75) is 24.9 Å². The van der Waals surface area contributed by atoms with Gasteiger partial charge >= 0.3 is 6.03 Å². The molecule has 5 nitrogen and oxygen atoms in total. The number of amides is 3.